The number of aliphatic carboxylic acids is 1. The highest BCUT2D eigenvalue weighted by molar-refractivity contribution is 5.90. The molecule has 0 aromatic rings. The van der Waals surface area contributed by atoms with E-state index in [2.05, 4.69) is 10.6 Å². The van der Waals surface area contributed by atoms with Crippen molar-refractivity contribution in [3.63, 3.8) is 0 Å². The molecular formula is C20H36N2O7. The van der Waals surface area contributed by atoms with Crippen LogP contribution in [0.4, 0.5) is 4.79 Å². The van der Waals surface area contributed by atoms with Crippen molar-refractivity contribution in [2.45, 2.75) is 97.9 Å². The molecular weight excluding hydrogens is 380 g/mol. The molecule has 0 rings (SSSR count). The number of rotatable bonds is 9. The van der Waals surface area contributed by atoms with Gasteiger partial charge >= 0.3 is 18.0 Å². The molecule has 0 aromatic heterocycles. The predicted octanol–water partition coefficient (Wildman–Crippen LogP) is 2.62. The van der Waals surface area contributed by atoms with Crippen LogP contribution in [0.1, 0.15) is 74.7 Å². The van der Waals surface area contributed by atoms with Crippen molar-refractivity contribution >= 4 is 23.9 Å². The number of amides is 2. The molecule has 0 aliphatic carbocycles. The number of alkyl carbamates (subject to hydrolysis) is 1. The summed E-state index contributed by atoms with van der Waals surface area (Å²) < 4.78 is 10.5. The highest BCUT2D eigenvalue weighted by Gasteiger charge is 2.31. The Morgan fingerprint density at radius 2 is 1.38 bits per heavy atom. The van der Waals surface area contributed by atoms with Gasteiger partial charge in [0.05, 0.1) is 0 Å². The van der Waals surface area contributed by atoms with Gasteiger partial charge < -0.3 is 25.2 Å². The second-order valence-electron chi connectivity index (χ2n) is 9.36. The van der Waals surface area contributed by atoms with E-state index in [4.69, 9.17) is 14.6 Å². The van der Waals surface area contributed by atoms with Crippen molar-refractivity contribution in [3.05, 3.63) is 0 Å². The summed E-state index contributed by atoms with van der Waals surface area (Å²) in [6.45, 7) is 13.9. The molecule has 2 atom stereocenters. The second-order valence-corrected chi connectivity index (χ2v) is 9.36. The molecule has 9 nitrogen and oxygen atoms in total. The van der Waals surface area contributed by atoms with E-state index in [-0.39, 0.29) is 18.8 Å². The van der Waals surface area contributed by atoms with Gasteiger partial charge in [0.2, 0.25) is 5.91 Å². The first-order chi connectivity index (χ1) is 13.0. The van der Waals surface area contributed by atoms with Crippen molar-refractivity contribution in [1.82, 2.24) is 10.6 Å². The van der Waals surface area contributed by atoms with E-state index in [1.807, 2.05) is 13.8 Å². The van der Waals surface area contributed by atoms with Crippen molar-refractivity contribution in [3.8, 4) is 0 Å². The zero-order valence-electron chi connectivity index (χ0n) is 18.8. The number of carboxylic acid groups (broad SMARTS) is 1. The molecule has 168 valence electrons. The number of nitrogens with one attached hydrogen (secondary N) is 2. The van der Waals surface area contributed by atoms with Crippen LogP contribution in [-0.4, -0.2) is 52.3 Å². The summed E-state index contributed by atoms with van der Waals surface area (Å²) in [5.74, 6) is -2.36. The number of hydrogen-bond acceptors (Lipinski definition) is 6. The van der Waals surface area contributed by atoms with Gasteiger partial charge in [0.15, 0.2) is 0 Å². The fourth-order valence-electron chi connectivity index (χ4n) is 2.31. The number of carbonyl (C=O) groups excluding carboxylic acids is 3. The van der Waals surface area contributed by atoms with Gasteiger partial charge in [0.1, 0.15) is 23.3 Å². The minimum absolute atomic E-state index is 0.0692. The van der Waals surface area contributed by atoms with Crippen LogP contribution < -0.4 is 10.6 Å². The van der Waals surface area contributed by atoms with Crippen LogP contribution in [0.25, 0.3) is 0 Å². The average Bonchev–Trinajstić information content (AvgIpc) is 2.45. The van der Waals surface area contributed by atoms with Gasteiger partial charge in [0, 0.05) is 6.42 Å². The Hall–Kier alpha value is -2.32. The lowest BCUT2D eigenvalue weighted by molar-refractivity contribution is -0.159. The lowest BCUT2D eigenvalue weighted by atomic mass is 10.0. The van der Waals surface area contributed by atoms with Gasteiger partial charge in [-0.3, -0.25) is 9.59 Å². The normalized spacial score (nSPS) is 14.0. The maximum absolute atomic E-state index is 12.8. The fourth-order valence-corrected chi connectivity index (χ4v) is 2.31. The first-order valence-electron chi connectivity index (χ1n) is 9.74. The van der Waals surface area contributed by atoms with Gasteiger partial charge in [-0.2, -0.15) is 0 Å². The Balaban J connectivity index is 5.33. The monoisotopic (exact) mass is 416 g/mol. The first kappa shape index (κ1) is 26.7. The zero-order chi connectivity index (χ0) is 23.0. The van der Waals surface area contributed by atoms with Crippen LogP contribution in [0.3, 0.4) is 0 Å². The van der Waals surface area contributed by atoms with E-state index >= 15 is 0 Å². The third-order valence-electron chi connectivity index (χ3n) is 3.37. The maximum Gasteiger partial charge on any atom is 0.408 e. The maximum atomic E-state index is 12.8. The Bertz CT molecular complexity index is 589. The molecule has 0 spiro atoms. The molecule has 0 fully saturated rings. The predicted molar refractivity (Wildman–Crippen MR) is 107 cm³/mol. The SMILES string of the molecule is CC(C)C[C@@H](NC(=O)OC(C)(C)C)C(=O)NC(CCC(=O)O)C(=O)OC(C)(C)C. The van der Waals surface area contributed by atoms with E-state index in [9.17, 15) is 19.2 Å². The number of esters is 1. The molecule has 0 saturated carbocycles. The lowest BCUT2D eigenvalue weighted by Crippen LogP contribution is -2.53. The summed E-state index contributed by atoms with van der Waals surface area (Å²) in [7, 11) is 0. The molecule has 0 saturated heterocycles. The summed E-state index contributed by atoms with van der Waals surface area (Å²) in [6.07, 6.45) is -0.891. The Kier molecular flexibility index (Phi) is 10.1. The van der Waals surface area contributed by atoms with Crippen molar-refractivity contribution < 1.29 is 33.8 Å². The van der Waals surface area contributed by atoms with E-state index in [0.717, 1.165) is 0 Å². The lowest BCUT2D eigenvalue weighted by Gasteiger charge is -2.27. The molecule has 1 unspecified atom stereocenters. The molecule has 9 heteroatoms. The number of ether oxygens (including phenoxy) is 2. The van der Waals surface area contributed by atoms with Crippen LogP contribution in [0.2, 0.25) is 0 Å². The van der Waals surface area contributed by atoms with Gasteiger partial charge in [-0.25, -0.2) is 9.59 Å². The van der Waals surface area contributed by atoms with E-state index < -0.39 is 47.2 Å². The number of carboxylic acids is 1. The number of hydrogen-bond donors (Lipinski definition) is 3. The molecule has 0 radical (unpaired) electrons. The third kappa shape index (κ3) is 13.5. The first-order valence-corrected chi connectivity index (χ1v) is 9.74. The highest BCUT2D eigenvalue weighted by Crippen LogP contribution is 2.13. The molecule has 0 bridgehead atoms. The molecule has 0 aromatic carbocycles. The molecule has 2 amide bonds. The van der Waals surface area contributed by atoms with Gasteiger partial charge in [-0.05, 0) is 60.3 Å². The summed E-state index contributed by atoms with van der Waals surface area (Å²) in [5.41, 5.74) is -1.53. The van der Waals surface area contributed by atoms with E-state index in [0.29, 0.717) is 6.42 Å². The quantitative estimate of drug-likeness (QED) is 0.492. The highest BCUT2D eigenvalue weighted by atomic mass is 16.6. The minimum Gasteiger partial charge on any atom is -0.481 e. The summed E-state index contributed by atoms with van der Waals surface area (Å²) in [4.78, 5) is 48.2. The number of carbonyl (C=O) groups is 4. The van der Waals surface area contributed by atoms with Crippen molar-refractivity contribution in [2.75, 3.05) is 0 Å². The standard InChI is InChI=1S/C20H36N2O7/c1-12(2)11-14(22-18(27)29-20(6,7)8)16(25)21-13(9-10-15(23)24)17(26)28-19(3,4)5/h12-14H,9-11H2,1-8H3,(H,21,25)(H,22,27)(H,23,24)/t13?,14-/m1/s1. The van der Waals surface area contributed by atoms with Crippen LogP contribution in [0.5, 0.6) is 0 Å². The van der Waals surface area contributed by atoms with Crippen LogP contribution in [0, 0.1) is 5.92 Å². The minimum atomic E-state index is -1.15. The Morgan fingerprint density at radius 3 is 1.79 bits per heavy atom. The molecule has 0 heterocycles. The average molecular weight is 417 g/mol. The Morgan fingerprint density at radius 1 is 0.862 bits per heavy atom. The summed E-state index contributed by atoms with van der Waals surface area (Å²) in [6, 6.07) is -2.09. The van der Waals surface area contributed by atoms with Gasteiger partial charge in [-0.1, -0.05) is 13.8 Å². The fraction of sp³-hybridized carbons (Fsp3) is 0.800. The van der Waals surface area contributed by atoms with E-state index in [1.165, 1.54) is 0 Å². The zero-order valence-corrected chi connectivity index (χ0v) is 18.8. The smallest absolute Gasteiger partial charge is 0.408 e. The van der Waals surface area contributed by atoms with E-state index in [1.54, 1.807) is 41.5 Å². The van der Waals surface area contributed by atoms with Crippen molar-refractivity contribution in [2.24, 2.45) is 5.92 Å². The molecule has 29 heavy (non-hydrogen) atoms. The third-order valence-corrected chi connectivity index (χ3v) is 3.37. The summed E-state index contributed by atoms with van der Waals surface area (Å²) >= 11 is 0. The van der Waals surface area contributed by atoms with Gasteiger partial charge in [0.25, 0.3) is 0 Å². The van der Waals surface area contributed by atoms with Crippen LogP contribution in [0.15, 0.2) is 0 Å². The Labute approximate surface area is 172 Å². The second kappa shape index (κ2) is 11.0. The van der Waals surface area contributed by atoms with Crippen LogP contribution in [-0.2, 0) is 23.9 Å². The van der Waals surface area contributed by atoms with Gasteiger partial charge in [-0.15, -0.1) is 0 Å². The summed E-state index contributed by atoms with van der Waals surface area (Å²) in [5, 5.41) is 14.0. The molecule has 3 N–H and O–H groups in total. The largest absolute Gasteiger partial charge is 0.481 e. The molecule has 0 aliphatic rings. The van der Waals surface area contributed by atoms with Crippen molar-refractivity contribution in [1.29, 1.82) is 0 Å². The topological polar surface area (TPSA) is 131 Å². The molecule has 0 aliphatic heterocycles. The van der Waals surface area contributed by atoms with Crippen LogP contribution >= 0.6 is 0 Å².